The third-order valence-corrected chi connectivity index (χ3v) is 1.02. The van der Waals surface area contributed by atoms with Crippen LogP contribution in [-0.2, 0) is 9.59 Å². The first-order chi connectivity index (χ1) is 4.95. The van der Waals surface area contributed by atoms with Gasteiger partial charge in [-0.1, -0.05) is 6.58 Å². The van der Waals surface area contributed by atoms with E-state index < -0.39 is 30.0 Å². The molecule has 0 saturated carbocycles. The average molecular weight is 159 g/mol. The first kappa shape index (κ1) is 9.64. The van der Waals surface area contributed by atoms with Crippen molar-refractivity contribution in [2.45, 2.75) is 12.5 Å². The zero-order valence-electron chi connectivity index (χ0n) is 5.78. The molecule has 0 bridgehead atoms. The molecule has 11 heavy (non-hydrogen) atoms. The lowest BCUT2D eigenvalue weighted by Crippen LogP contribution is -2.33. The highest BCUT2D eigenvalue weighted by atomic mass is 16.4. The van der Waals surface area contributed by atoms with Crippen LogP contribution < -0.4 is 5.73 Å². The Morgan fingerprint density at radius 3 is 2.18 bits per heavy atom. The van der Waals surface area contributed by atoms with Crippen LogP contribution in [0.2, 0.25) is 0 Å². The molecule has 0 rings (SSSR count). The van der Waals surface area contributed by atoms with Crippen molar-refractivity contribution in [2.24, 2.45) is 5.73 Å². The Kier molecular flexibility index (Phi) is 3.26. The summed E-state index contributed by atoms with van der Waals surface area (Å²) in [4.78, 5) is 20.6. The molecule has 62 valence electrons. The van der Waals surface area contributed by atoms with Crippen molar-refractivity contribution >= 4 is 11.8 Å². The summed E-state index contributed by atoms with van der Waals surface area (Å²) >= 11 is 0. The predicted molar refractivity (Wildman–Crippen MR) is 37.0 cm³/mol. The third-order valence-electron chi connectivity index (χ3n) is 1.02. The van der Waals surface area contributed by atoms with Gasteiger partial charge in [0.25, 0.3) is 0 Å². The van der Waals surface area contributed by atoms with Crippen LogP contribution >= 0.6 is 0 Å². The quantitative estimate of drug-likeness (QED) is 0.376. The summed E-state index contributed by atoms with van der Waals surface area (Å²) in [6, 6.07) is -1.20. The topological polar surface area (TPSA) is 101 Å². The molecule has 0 fully saturated rings. The van der Waals surface area contributed by atoms with Crippen LogP contribution in [0.15, 0.2) is 12.3 Å². The van der Waals surface area contributed by atoms with Gasteiger partial charge in [0.05, 0.1) is 12.5 Å². The summed E-state index contributed by atoms with van der Waals surface area (Å²) in [5.74, 6) is -2.74. The fourth-order valence-corrected chi connectivity index (χ4v) is 0.495. The summed E-state index contributed by atoms with van der Waals surface area (Å²) in [6.07, 6.45) is -0.502. The van der Waals surface area contributed by atoms with Gasteiger partial charge < -0.3 is 15.9 Å². The van der Waals surface area contributed by atoms with Crippen LogP contribution in [0.5, 0.6) is 0 Å². The van der Waals surface area contributed by atoms with E-state index >= 15 is 0 Å². The van der Waals surface area contributed by atoms with E-state index in [9.17, 15) is 9.59 Å². The number of carboxylic acids is 1. The second kappa shape index (κ2) is 3.72. The van der Waals surface area contributed by atoms with E-state index in [1.807, 2.05) is 0 Å². The van der Waals surface area contributed by atoms with Crippen LogP contribution in [0.25, 0.3) is 0 Å². The first-order valence-corrected chi connectivity index (χ1v) is 2.84. The minimum atomic E-state index is -1.20. The standard InChI is InChI=1S/C6H9NO4/c1-3(8)6(11)4(7)2-5(9)10/h4,8H,1-2,7H2,(H,9,10)/t4-/m0/s1. The number of hydrogen-bond acceptors (Lipinski definition) is 4. The minimum Gasteiger partial charge on any atom is -0.505 e. The van der Waals surface area contributed by atoms with E-state index in [2.05, 4.69) is 6.58 Å². The van der Waals surface area contributed by atoms with Gasteiger partial charge in [-0.3, -0.25) is 9.59 Å². The Hall–Kier alpha value is -1.36. The lowest BCUT2D eigenvalue weighted by atomic mass is 10.1. The van der Waals surface area contributed by atoms with Crippen molar-refractivity contribution in [2.75, 3.05) is 0 Å². The molecule has 0 aromatic rings. The number of Topliss-reactive ketones (excluding diaryl/α,β-unsaturated/α-hetero) is 1. The number of ketones is 1. The molecule has 5 nitrogen and oxygen atoms in total. The molecular weight excluding hydrogens is 150 g/mol. The third kappa shape index (κ3) is 3.36. The average Bonchev–Trinajstić information content (AvgIpc) is 1.84. The van der Waals surface area contributed by atoms with Gasteiger partial charge in [-0.25, -0.2) is 0 Å². The summed E-state index contributed by atoms with van der Waals surface area (Å²) in [7, 11) is 0. The molecule has 0 spiro atoms. The van der Waals surface area contributed by atoms with Crippen molar-refractivity contribution in [1.29, 1.82) is 0 Å². The zero-order valence-corrected chi connectivity index (χ0v) is 5.78. The normalized spacial score (nSPS) is 12.1. The Labute approximate surface area is 63.1 Å². The van der Waals surface area contributed by atoms with Gasteiger partial charge in [0, 0.05) is 0 Å². The van der Waals surface area contributed by atoms with Crippen LogP contribution in [-0.4, -0.2) is 28.0 Å². The Morgan fingerprint density at radius 2 is 1.91 bits per heavy atom. The maximum absolute atomic E-state index is 10.6. The molecule has 0 aromatic heterocycles. The van der Waals surface area contributed by atoms with Gasteiger partial charge in [0.1, 0.15) is 0 Å². The Bertz CT molecular complexity index is 199. The van der Waals surface area contributed by atoms with Crippen molar-refractivity contribution in [3.63, 3.8) is 0 Å². The van der Waals surface area contributed by atoms with Crippen LogP contribution in [0, 0.1) is 0 Å². The number of aliphatic carboxylic acids is 1. The summed E-state index contributed by atoms with van der Waals surface area (Å²) in [5, 5.41) is 16.7. The molecule has 4 N–H and O–H groups in total. The monoisotopic (exact) mass is 159 g/mol. The minimum absolute atomic E-state index is 0.502. The van der Waals surface area contributed by atoms with E-state index in [1.54, 1.807) is 0 Å². The highest BCUT2D eigenvalue weighted by Gasteiger charge is 2.18. The second-order valence-corrected chi connectivity index (χ2v) is 2.02. The van der Waals surface area contributed by atoms with Gasteiger partial charge >= 0.3 is 5.97 Å². The van der Waals surface area contributed by atoms with Crippen LogP contribution in [0.3, 0.4) is 0 Å². The molecule has 0 radical (unpaired) electrons. The van der Waals surface area contributed by atoms with Gasteiger partial charge in [-0.2, -0.15) is 0 Å². The molecule has 0 unspecified atom stereocenters. The summed E-state index contributed by atoms with van der Waals surface area (Å²) < 4.78 is 0. The molecule has 0 amide bonds. The maximum Gasteiger partial charge on any atom is 0.305 e. The summed E-state index contributed by atoms with van der Waals surface area (Å²) in [5.41, 5.74) is 5.07. The van der Waals surface area contributed by atoms with E-state index in [1.165, 1.54) is 0 Å². The fraction of sp³-hybridized carbons (Fsp3) is 0.333. The number of nitrogens with two attached hydrogens (primary N) is 1. The van der Waals surface area contributed by atoms with E-state index in [0.717, 1.165) is 0 Å². The molecule has 0 aliphatic heterocycles. The molecular formula is C6H9NO4. The second-order valence-electron chi connectivity index (χ2n) is 2.02. The van der Waals surface area contributed by atoms with E-state index in [4.69, 9.17) is 15.9 Å². The van der Waals surface area contributed by atoms with Crippen molar-refractivity contribution in [3.8, 4) is 0 Å². The number of aliphatic hydroxyl groups is 1. The smallest absolute Gasteiger partial charge is 0.305 e. The lowest BCUT2D eigenvalue weighted by Gasteiger charge is -2.04. The number of carbonyl (C=O) groups excluding carboxylic acids is 1. The van der Waals surface area contributed by atoms with E-state index in [-0.39, 0.29) is 0 Å². The lowest BCUT2D eigenvalue weighted by molar-refractivity contribution is -0.139. The molecule has 1 atom stereocenters. The van der Waals surface area contributed by atoms with Gasteiger partial charge in [0.2, 0.25) is 5.78 Å². The first-order valence-electron chi connectivity index (χ1n) is 2.84. The van der Waals surface area contributed by atoms with Crippen molar-refractivity contribution in [3.05, 3.63) is 12.3 Å². The largest absolute Gasteiger partial charge is 0.505 e. The fourth-order valence-electron chi connectivity index (χ4n) is 0.495. The van der Waals surface area contributed by atoms with Crippen LogP contribution in [0.4, 0.5) is 0 Å². The number of rotatable bonds is 4. The van der Waals surface area contributed by atoms with Crippen molar-refractivity contribution in [1.82, 2.24) is 0 Å². The molecule has 0 saturated heterocycles. The SMILES string of the molecule is C=C(O)C(=O)[C@@H](N)CC(=O)O. The molecule has 5 heteroatoms. The van der Waals surface area contributed by atoms with E-state index in [0.29, 0.717) is 0 Å². The van der Waals surface area contributed by atoms with Gasteiger partial charge in [0.15, 0.2) is 5.76 Å². The summed E-state index contributed by atoms with van der Waals surface area (Å²) in [6.45, 7) is 2.92. The van der Waals surface area contributed by atoms with Gasteiger partial charge in [-0.15, -0.1) is 0 Å². The predicted octanol–water partition coefficient (Wildman–Crippen LogP) is -0.571. The van der Waals surface area contributed by atoms with Crippen molar-refractivity contribution < 1.29 is 19.8 Å². The maximum atomic E-state index is 10.6. The van der Waals surface area contributed by atoms with Crippen LogP contribution in [0.1, 0.15) is 6.42 Å². The number of hydrogen-bond donors (Lipinski definition) is 3. The molecule has 0 aromatic carbocycles. The highest BCUT2D eigenvalue weighted by Crippen LogP contribution is 1.95. The molecule has 0 heterocycles. The highest BCUT2D eigenvalue weighted by molar-refractivity contribution is 5.98. The Balaban J connectivity index is 4.03. The molecule has 0 aliphatic rings. The van der Waals surface area contributed by atoms with Gasteiger partial charge in [-0.05, 0) is 0 Å². The number of carboxylic acid groups (broad SMARTS) is 1. The molecule has 0 aliphatic carbocycles. The number of aliphatic hydroxyl groups excluding tert-OH is 1. The Morgan fingerprint density at radius 1 is 1.45 bits per heavy atom. The number of carbonyl (C=O) groups is 2. The zero-order chi connectivity index (χ0) is 9.02.